The highest BCUT2D eigenvalue weighted by Crippen LogP contribution is 2.51. The van der Waals surface area contributed by atoms with Gasteiger partial charge >= 0.3 is 0 Å². The van der Waals surface area contributed by atoms with E-state index in [0.29, 0.717) is 17.5 Å². The van der Waals surface area contributed by atoms with Crippen molar-refractivity contribution in [3.05, 3.63) is 41.9 Å². The van der Waals surface area contributed by atoms with Crippen LogP contribution in [0.15, 0.2) is 24.3 Å². The summed E-state index contributed by atoms with van der Waals surface area (Å²) in [6.45, 7) is 2.42. The van der Waals surface area contributed by atoms with Gasteiger partial charge in [-0.2, -0.15) is 0 Å². The molecule has 2 bridgehead atoms. The Kier molecular flexibility index (Phi) is 5.61. The molecule has 4 rings (SSSR count). The SMILES string of the molecule is N=C(N)NCCC[CH]NC(=O)c1ccc(C23CCC(CC2)CC3)cc1. The third-order valence-corrected chi connectivity index (χ3v) is 5.93. The van der Waals surface area contributed by atoms with Crippen molar-refractivity contribution in [2.24, 2.45) is 11.7 Å². The minimum absolute atomic E-state index is 0.0185. The number of guanidine groups is 1. The van der Waals surface area contributed by atoms with Gasteiger partial charge in [-0.3, -0.25) is 10.2 Å². The molecule has 0 atom stereocenters. The zero-order chi connectivity index (χ0) is 17.7. The molecule has 0 saturated heterocycles. The van der Waals surface area contributed by atoms with Gasteiger partial charge in [0.2, 0.25) is 0 Å². The Balaban J connectivity index is 1.47. The van der Waals surface area contributed by atoms with E-state index in [0.717, 1.165) is 18.8 Å². The van der Waals surface area contributed by atoms with Crippen molar-refractivity contribution in [1.82, 2.24) is 10.6 Å². The number of carbonyl (C=O) groups is 1. The lowest BCUT2D eigenvalue weighted by molar-refractivity contribution is 0.0962. The fourth-order valence-corrected chi connectivity index (χ4v) is 4.33. The molecule has 135 valence electrons. The molecule has 1 radical (unpaired) electrons. The van der Waals surface area contributed by atoms with Crippen LogP contribution in [-0.2, 0) is 5.41 Å². The van der Waals surface area contributed by atoms with Crippen molar-refractivity contribution >= 4 is 11.9 Å². The molecule has 0 aliphatic heterocycles. The highest BCUT2D eigenvalue weighted by Gasteiger charge is 2.41. The van der Waals surface area contributed by atoms with E-state index in [1.165, 1.54) is 44.1 Å². The van der Waals surface area contributed by atoms with Gasteiger partial charge in [0.25, 0.3) is 5.91 Å². The van der Waals surface area contributed by atoms with Gasteiger partial charge in [-0.05, 0) is 80.4 Å². The van der Waals surface area contributed by atoms with Crippen molar-refractivity contribution in [3.63, 3.8) is 0 Å². The van der Waals surface area contributed by atoms with Crippen LogP contribution >= 0.6 is 0 Å². The first-order valence-electron chi connectivity index (χ1n) is 9.40. The first-order valence-corrected chi connectivity index (χ1v) is 9.40. The average Bonchev–Trinajstić information content (AvgIpc) is 2.66. The lowest BCUT2D eigenvalue weighted by Crippen LogP contribution is -2.37. The van der Waals surface area contributed by atoms with E-state index in [-0.39, 0.29) is 11.9 Å². The second kappa shape index (κ2) is 7.89. The third kappa shape index (κ3) is 4.33. The van der Waals surface area contributed by atoms with Crippen LogP contribution in [0, 0.1) is 17.9 Å². The van der Waals surface area contributed by atoms with Crippen LogP contribution < -0.4 is 16.4 Å². The zero-order valence-corrected chi connectivity index (χ0v) is 14.8. The van der Waals surface area contributed by atoms with Crippen molar-refractivity contribution < 1.29 is 4.79 Å². The number of nitrogens with two attached hydrogens (primary N) is 1. The highest BCUT2D eigenvalue weighted by atomic mass is 16.1. The van der Waals surface area contributed by atoms with Crippen LogP contribution in [-0.4, -0.2) is 18.4 Å². The number of hydrogen-bond acceptors (Lipinski definition) is 2. The number of unbranched alkanes of at least 4 members (excludes halogenated alkanes) is 1. The van der Waals surface area contributed by atoms with Crippen LogP contribution in [0.3, 0.4) is 0 Å². The summed E-state index contributed by atoms with van der Waals surface area (Å²) >= 11 is 0. The first kappa shape index (κ1) is 17.8. The van der Waals surface area contributed by atoms with Crippen molar-refractivity contribution in [2.45, 2.75) is 56.8 Å². The summed E-state index contributed by atoms with van der Waals surface area (Å²) in [6.07, 6.45) is 9.61. The number of fused-ring (bicyclic) bond motifs is 3. The Morgan fingerprint density at radius 2 is 1.84 bits per heavy atom. The smallest absolute Gasteiger partial charge is 0.251 e. The fourth-order valence-electron chi connectivity index (χ4n) is 4.33. The maximum absolute atomic E-state index is 12.2. The molecule has 0 aromatic heterocycles. The molecule has 3 aliphatic carbocycles. The van der Waals surface area contributed by atoms with Crippen molar-refractivity contribution in [1.29, 1.82) is 5.41 Å². The quantitative estimate of drug-likeness (QED) is 0.349. The Labute approximate surface area is 150 Å². The van der Waals surface area contributed by atoms with Gasteiger partial charge in [0.05, 0.1) is 0 Å². The number of amides is 1. The van der Waals surface area contributed by atoms with Crippen LogP contribution in [0.4, 0.5) is 0 Å². The number of hydrogen-bond donors (Lipinski definition) is 4. The fraction of sp³-hybridized carbons (Fsp3) is 0.550. The van der Waals surface area contributed by atoms with E-state index < -0.39 is 0 Å². The molecule has 5 N–H and O–H groups in total. The Morgan fingerprint density at radius 1 is 1.20 bits per heavy atom. The second-order valence-electron chi connectivity index (χ2n) is 7.50. The molecule has 3 saturated carbocycles. The molecule has 5 heteroatoms. The van der Waals surface area contributed by atoms with E-state index in [9.17, 15) is 4.79 Å². The monoisotopic (exact) mass is 341 g/mol. The summed E-state index contributed by atoms with van der Waals surface area (Å²) in [5.41, 5.74) is 7.72. The average molecular weight is 341 g/mol. The summed E-state index contributed by atoms with van der Waals surface area (Å²) in [5.74, 6) is 0.888. The van der Waals surface area contributed by atoms with Gasteiger partial charge in [-0.15, -0.1) is 0 Å². The highest BCUT2D eigenvalue weighted by molar-refractivity contribution is 5.94. The van der Waals surface area contributed by atoms with Crippen LogP contribution in [0.1, 0.15) is 67.3 Å². The zero-order valence-electron chi connectivity index (χ0n) is 14.8. The number of rotatable bonds is 7. The third-order valence-electron chi connectivity index (χ3n) is 5.93. The summed E-state index contributed by atoms with van der Waals surface area (Å²) in [6, 6.07) is 8.26. The topological polar surface area (TPSA) is 91.0 Å². The van der Waals surface area contributed by atoms with Gasteiger partial charge in [0.1, 0.15) is 0 Å². The van der Waals surface area contributed by atoms with Crippen LogP contribution in [0.2, 0.25) is 0 Å². The van der Waals surface area contributed by atoms with Crippen molar-refractivity contribution in [3.8, 4) is 0 Å². The number of benzene rings is 1. The molecular formula is C20H29N4O. The van der Waals surface area contributed by atoms with Crippen molar-refractivity contribution in [2.75, 3.05) is 6.54 Å². The molecule has 0 unspecified atom stereocenters. The molecule has 25 heavy (non-hydrogen) atoms. The molecule has 0 heterocycles. The molecular weight excluding hydrogens is 312 g/mol. The molecule has 0 spiro atoms. The predicted octanol–water partition coefficient (Wildman–Crippen LogP) is 3.06. The van der Waals surface area contributed by atoms with Gasteiger partial charge in [-0.25, -0.2) is 0 Å². The van der Waals surface area contributed by atoms with Gasteiger partial charge in [0, 0.05) is 18.7 Å². The maximum atomic E-state index is 12.2. The summed E-state index contributed by atoms with van der Waals surface area (Å²) < 4.78 is 0. The van der Waals surface area contributed by atoms with E-state index in [1.807, 2.05) is 12.1 Å². The summed E-state index contributed by atoms with van der Waals surface area (Å²) in [4.78, 5) is 12.2. The number of carbonyl (C=O) groups excluding carboxylic acids is 1. The van der Waals surface area contributed by atoms with Gasteiger partial charge < -0.3 is 16.4 Å². The van der Waals surface area contributed by atoms with Gasteiger partial charge in [-0.1, -0.05) is 12.1 Å². The normalized spacial score (nSPS) is 24.7. The standard InChI is InChI=1S/C20H29N4O/c21-19(22)24-14-2-1-13-23-18(25)16-3-5-17(6-4-16)20-10-7-15(8-11-20)9-12-20/h3-6,13,15H,1-2,7-12,14H2,(H,23,25)(H4,21,22,24). The van der Waals surface area contributed by atoms with E-state index in [1.54, 1.807) is 6.54 Å². The lowest BCUT2D eigenvalue weighted by Gasteiger charge is -2.47. The largest absolute Gasteiger partial charge is 0.370 e. The van der Waals surface area contributed by atoms with E-state index in [4.69, 9.17) is 11.1 Å². The molecule has 1 amide bonds. The Hall–Kier alpha value is -2.04. The Bertz CT molecular complexity index is 589. The first-order chi connectivity index (χ1) is 12.1. The minimum atomic E-state index is -0.0593. The van der Waals surface area contributed by atoms with Crippen LogP contribution in [0.5, 0.6) is 0 Å². The number of nitrogens with one attached hydrogen (secondary N) is 3. The lowest BCUT2D eigenvalue weighted by atomic mass is 9.58. The molecule has 5 nitrogen and oxygen atoms in total. The van der Waals surface area contributed by atoms with Gasteiger partial charge in [0.15, 0.2) is 5.96 Å². The molecule has 3 fully saturated rings. The summed E-state index contributed by atoms with van der Waals surface area (Å²) in [5, 5.41) is 12.6. The molecule has 1 aromatic carbocycles. The molecule has 3 aliphatic rings. The Morgan fingerprint density at radius 3 is 2.44 bits per heavy atom. The maximum Gasteiger partial charge on any atom is 0.251 e. The van der Waals surface area contributed by atoms with E-state index in [2.05, 4.69) is 22.8 Å². The van der Waals surface area contributed by atoms with Crippen LogP contribution in [0.25, 0.3) is 0 Å². The summed E-state index contributed by atoms with van der Waals surface area (Å²) in [7, 11) is 0. The molecule has 1 aromatic rings. The second-order valence-corrected chi connectivity index (χ2v) is 7.50. The van der Waals surface area contributed by atoms with E-state index >= 15 is 0 Å². The predicted molar refractivity (Wildman–Crippen MR) is 100 cm³/mol. The minimum Gasteiger partial charge on any atom is -0.370 e.